The van der Waals surface area contributed by atoms with Crippen molar-refractivity contribution in [1.82, 2.24) is 5.32 Å². The van der Waals surface area contributed by atoms with Gasteiger partial charge in [-0.1, -0.05) is 207 Å². The number of hydrogen-bond acceptors (Lipinski definition) is 20. The Morgan fingerprint density at radius 3 is 1.36 bits per heavy atom. The first-order chi connectivity index (χ1) is 38.5. The van der Waals surface area contributed by atoms with Crippen molar-refractivity contribution in [2.45, 2.75) is 336 Å². The van der Waals surface area contributed by atoms with Gasteiger partial charge in [-0.15, -0.1) is 0 Å². The van der Waals surface area contributed by atoms with Gasteiger partial charge in [-0.25, -0.2) is 0 Å². The van der Waals surface area contributed by atoms with E-state index in [-0.39, 0.29) is 12.8 Å². The molecule has 0 spiro atoms. The van der Waals surface area contributed by atoms with Crippen molar-refractivity contribution >= 4 is 5.91 Å². The maximum atomic E-state index is 13.5. The molecule has 0 aromatic rings. The molecule has 80 heavy (non-hydrogen) atoms. The molecule has 0 bridgehead atoms. The number of aliphatic hydroxyl groups excluding tert-OH is 13. The smallest absolute Gasteiger partial charge is 0.249 e. The summed E-state index contributed by atoms with van der Waals surface area (Å²) in [5, 5.41) is 142. The molecule has 19 unspecified atom stereocenters. The van der Waals surface area contributed by atoms with Crippen molar-refractivity contribution in [2.75, 3.05) is 26.4 Å². The number of unbranched alkanes of at least 4 members (excludes halogenated alkanes) is 26. The zero-order chi connectivity index (χ0) is 58.8. The summed E-state index contributed by atoms with van der Waals surface area (Å²) < 4.78 is 34.5. The molecule has 474 valence electrons. The first-order valence-corrected chi connectivity index (χ1v) is 31.3. The highest BCUT2D eigenvalue weighted by Crippen LogP contribution is 2.36. The summed E-state index contributed by atoms with van der Waals surface area (Å²) in [4.78, 5) is 13.5. The fourth-order valence-corrected chi connectivity index (χ4v) is 11.0. The van der Waals surface area contributed by atoms with E-state index in [1.54, 1.807) is 0 Å². The molecule has 21 heteroatoms. The number of carbonyl (C=O) groups excluding carboxylic acids is 1. The first kappa shape index (κ1) is 73.0. The van der Waals surface area contributed by atoms with E-state index in [9.17, 15) is 71.2 Å². The maximum absolute atomic E-state index is 13.5. The van der Waals surface area contributed by atoms with Gasteiger partial charge in [-0.2, -0.15) is 0 Å². The molecule has 3 aliphatic rings. The number of hydrogen-bond donors (Lipinski definition) is 14. The minimum Gasteiger partial charge on any atom is -0.394 e. The molecular formula is C59H113NO20. The van der Waals surface area contributed by atoms with E-state index in [1.165, 1.54) is 122 Å². The van der Waals surface area contributed by atoms with Crippen LogP contribution in [-0.2, 0) is 33.2 Å². The highest BCUT2D eigenvalue weighted by Gasteiger charge is 2.56. The van der Waals surface area contributed by atoms with Crippen LogP contribution in [0.5, 0.6) is 0 Å². The Hall–Kier alpha value is -1.29. The highest BCUT2D eigenvalue weighted by atomic mass is 16.8. The molecule has 1 amide bonds. The molecule has 3 aliphatic heterocycles. The summed E-state index contributed by atoms with van der Waals surface area (Å²) in [6.07, 6.45) is 3.44. The molecule has 3 fully saturated rings. The molecule has 3 saturated heterocycles. The standard InChI is InChI=1S/C59H113NO20/c1-4-5-6-7-8-9-10-11-12-13-14-15-16-17-18-19-20-25-28-31-34-42(65)56(74)60-40(46(68)41(64)33-30-27-24-22-21-23-26-29-32-39(2)3)38-75-57-51(73)54(47(69)45(37-63)76-57)79-59-55(50(72)53(78-59)44(67)36-62)80-58-49(71)48(70)52(77-58)43(66)35-61/h39-55,57-59,61-73H,4-38H2,1-3H3,(H,60,74). The summed E-state index contributed by atoms with van der Waals surface area (Å²) in [5.74, 6) is -0.117. The molecule has 21 nitrogen and oxygen atoms in total. The van der Waals surface area contributed by atoms with Crippen LogP contribution in [0.1, 0.15) is 220 Å². The third-order valence-corrected chi connectivity index (χ3v) is 16.3. The van der Waals surface area contributed by atoms with Gasteiger partial charge >= 0.3 is 0 Å². The van der Waals surface area contributed by atoms with Crippen molar-refractivity contribution in [2.24, 2.45) is 5.92 Å². The van der Waals surface area contributed by atoms with Crippen molar-refractivity contribution < 1.29 is 99.6 Å². The molecular weight excluding hydrogens is 1040 g/mol. The lowest BCUT2D eigenvalue weighted by atomic mass is 9.98. The number of nitrogens with one attached hydrogen (secondary N) is 1. The molecule has 0 aromatic heterocycles. The number of rotatable bonds is 48. The minimum atomic E-state index is -1.96. The molecule has 19 atom stereocenters. The largest absolute Gasteiger partial charge is 0.394 e. The third kappa shape index (κ3) is 26.5. The van der Waals surface area contributed by atoms with Crippen LogP contribution in [0.4, 0.5) is 0 Å². The van der Waals surface area contributed by atoms with Crippen LogP contribution in [0.3, 0.4) is 0 Å². The Morgan fingerprint density at radius 2 is 0.900 bits per heavy atom. The van der Waals surface area contributed by atoms with E-state index in [1.807, 2.05) is 0 Å². The zero-order valence-electron chi connectivity index (χ0n) is 49.0. The van der Waals surface area contributed by atoms with Crippen LogP contribution in [-0.4, -0.2) is 215 Å². The lowest BCUT2D eigenvalue weighted by Gasteiger charge is -2.43. The predicted octanol–water partition coefficient (Wildman–Crippen LogP) is 3.79. The van der Waals surface area contributed by atoms with Gasteiger partial charge in [-0.05, 0) is 18.8 Å². The van der Waals surface area contributed by atoms with Crippen LogP contribution in [0.25, 0.3) is 0 Å². The topological polar surface area (TPSA) is 347 Å². The van der Waals surface area contributed by atoms with Crippen molar-refractivity contribution in [3.63, 3.8) is 0 Å². The SMILES string of the molecule is CCCCCCCCCCCCCCCCCCCCCCC(O)C(=O)NC(COC1OC(CO)C(O)C(OC2OC(C(O)CO)C(O)C2OC2OC(C(O)CO)C(O)C2O)C1O)C(O)C(O)CCCCCCCCCCC(C)C. The van der Waals surface area contributed by atoms with E-state index in [0.29, 0.717) is 18.8 Å². The van der Waals surface area contributed by atoms with Gasteiger partial charge in [0.1, 0.15) is 85.5 Å². The second-order valence-electron chi connectivity index (χ2n) is 23.6. The second-order valence-corrected chi connectivity index (χ2v) is 23.6. The molecule has 3 rings (SSSR count). The Balaban J connectivity index is 1.58. The van der Waals surface area contributed by atoms with Gasteiger partial charge in [0.15, 0.2) is 18.9 Å². The van der Waals surface area contributed by atoms with E-state index < -0.39 is 149 Å². The molecule has 3 heterocycles. The lowest BCUT2D eigenvalue weighted by molar-refractivity contribution is -0.338. The van der Waals surface area contributed by atoms with E-state index in [2.05, 4.69) is 26.1 Å². The highest BCUT2D eigenvalue weighted by molar-refractivity contribution is 5.80. The first-order valence-electron chi connectivity index (χ1n) is 31.3. The number of amides is 1. The van der Waals surface area contributed by atoms with E-state index in [0.717, 1.165) is 51.4 Å². The lowest BCUT2D eigenvalue weighted by Crippen LogP contribution is -2.62. The van der Waals surface area contributed by atoms with Crippen molar-refractivity contribution in [3.05, 3.63) is 0 Å². The molecule has 0 saturated carbocycles. The van der Waals surface area contributed by atoms with Gasteiger partial charge < -0.3 is 100 Å². The fourth-order valence-electron chi connectivity index (χ4n) is 11.0. The van der Waals surface area contributed by atoms with Gasteiger partial charge in [-0.3, -0.25) is 4.79 Å². The summed E-state index contributed by atoms with van der Waals surface area (Å²) in [6, 6.07) is -1.37. The molecule has 0 aliphatic carbocycles. The van der Waals surface area contributed by atoms with Gasteiger partial charge in [0.05, 0.1) is 38.6 Å². The van der Waals surface area contributed by atoms with Crippen LogP contribution in [0.15, 0.2) is 0 Å². The van der Waals surface area contributed by atoms with E-state index >= 15 is 0 Å². The van der Waals surface area contributed by atoms with Crippen LogP contribution < -0.4 is 5.32 Å². The summed E-state index contributed by atoms with van der Waals surface area (Å²) >= 11 is 0. The van der Waals surface area contributed by atoms with Gasteiger partial charge in [0.25, 0.3) is 0 Å². The third-order valence-electron chi connectivity index (χ3n) is 16.3. The van der Waals surface area contributed by atoms with Crippen molar-refractivity contribution in [1.29, 1.82) is 0 Å². The van der Waals surface area contributed by atoms with Crippen LogP contribution >= 0.6 is 0 Å². The molecule has 14 N–H and O–H groups in total. The zero-order valence-corrected chi connectivity index (χ0v) is 49.0. The maximum Gasteiger partial charge on any atom is 0.249 e. The fraction of sp³-hybridized carbons (Fsp3) is 0.983. The quantitative estimate of drug-likeness (QED) is 0.0385. The van der Waals surface area contributed by atoms with Gasteiger partial charge in [0, 0.05) is 0 Å². The monoisotopic (exact) mass is 1160 g/mol. The number of ether oxygens (including phenoxy) is 6. The average Bonchev–Trinajstić information content (AvgIpc) is 3.96. The minimum absolute atomic E-state index is 0.157. The molecule has 0 radical (unpaired) electrons. The van der Waals surface area contributed by atoms with Crippen LogP contribution in [0.2, 0.25) is 0 Å². The summed E-state index contributed by atoms with van der Waals surface area (Å²) in [6.45, 7) is 3.47. The van der Waals surface area contributed by atoms with Crippen LogP contribution in [0, 0.1) is 5.92 Å². The van der Waals surface area contributed by atoms with Gasteiger partial charge in [0.2, 0.25) is 5.91 Å². The normalized spacial score (nSPS) is 29.5. The number of aliphatic hydroxyl groups is 13. The molecule has 0 aromatic carbocycles. The Bertz CT molecular complexity index is 1530. The Labute approximate surface area is 478 Å². The summed E-state index contributed by atoms with van der Waals surface area (Å²) in [7, 11) is 0. The average molecular weight is 1160 g/mol. The predicted molar refractivity (Wildman–Crippen MR) is 299 cm³/mol. The number of carbonyl (C=O) groups is 1. The Kier molecular flexibility index (Phi) is 38.8. The second kappa shape index (κ2) is 42.5. The van der Waals surface area contributed by atoms with E-state index in [4.69, 9.17) is 28.4 Å². The Morgan fingerprint density at radius 1 is 0.475 bits per heavy atom. The van der Waals surface area contributed by atoms with Crippen molar-refractivity contribution in [3.8, 4) is 0 Å². The summed E-state index contributed by atoms with van der Waals surface area (Å²) in [5.41, 5.74) is 0.